The first-order valence-corrected chi connectivity index (χ1v) is 6.46. The largest absolute Gasteiger partial charge is 0.235 e. The highest BCUT2D eigenvalue weighted by atomic mass is 35.5. The Kier molecular flexibility index (Phi) is 3.56. The van der Waals surface area contributed by atoms with Gasteiger partial charge >= 0.3 is 0 Å². The molecular weight excluding hydrogens is 253 g/mol. The topological polar surface area (TPSA) is 29.4 Å². The van der Waals surface area contributed by atoms with Crippen molar-refractivity contribution in [3.05, 3.63) is 34.1 Å². The summed E-state index contributed by atoms with van der Waals surface area (Å²) in [6.45, 7) is 4.04. The minimum atomic E-state index is -0.736. The lowest BCUT2D eigenvalue weighted by Gasteiger charge is -2.37. The van der Waals surface area contributed by atoms with Crippen molar-refractivity contribution in [2.24, 2.45) is 4.99 Å². The van der Waals surface area contributed by atoms with Crippen molar-refractivity contribution in [2.45, 2.75) is 44.6 Å². The van der Waals surface area contributed by atoms with Gasteiger partial charge in [-0.25, -0.2) is 9.18 Å². The number of nitrogens with zero attached hydrogens (tertiary/aromatic N) is 1. The molecule has 1 aliphatic rings. The van der Waals surface area contributed by atoms with E-state index in [1.165, 1.54) is 0 Å². The monoisotopic (exact) mass is 267 g/mol. The summed E-state index contributed by atoms with van der Waals surface area (Å²) >= 11 is 5.94. The minimum Gasteiger partial charge on any atom is -0.211 e. The zero-order chi connectivity index (χ0) is 13.3. The summed E-state index contributed by atoms with van der Waals surface area (Å²) in [6, 6.07) is 3.42. The maximum atomic E-state index is 14.2. The molecule has 1 fully saturated rings. The molecule has 96 valence electrons. The maximum absolute atomic E-state index is 14.2. The van der Waals surface area contributed by atoms with E-state index in [-0.39, 0.29) is 10.9 Å². The fourth-order valence-corrected chi connectivity index (χ4v) is 2.55. The predicted octanol–water partition coefficient (Wildman–Crippen LogP) is 4.32. The molecule has 1 aromatic carbocycles. The fourth-order valence-electron chi connectivity index (χ4n) is 2.32. The highest BCUT2D eigenvalue weighted by Gasteiger charge is 2.41. The first-order chi connectivity index (χ1) is 8.50. The first kappa shape index (κ1) is 13.3. The molecule has 0 atom stereocenters. The van der Waals surface area contributed by atoms with Crippen LogP contribution in [0.25, 0.3) is 0 Å². The Labute approximate surface area is 111 Å². The van der Waals surface area contributed by atoms with Crippen LogP contribution in [-0.4, -0.2) is 6.08 Å². The number of hydrogen-bond acceptors (Lipinski definition) is 2. The first-order valence-electron chi connectivity index (χ1n) is 6.08. The van der Waals surface area contributed by atoms with E-state index in [9.17, 15) is 9.18 Å². The highest BCUT2D eigenvalue weighted by Crippen LogP contribution is 2.47. The normalized spacial score (nSPS) is 17.2. The van der Waals surface area contributed by atoms with Gasteiger partial charge in [-0.3, -0.25) is 0 Å². The van der Waals surface area contributed by atoms with Gasteiger partial charge in [-0.05, 0) is 36.8 Å². The number of isocyanates is 1. The molecule has 0 amide bonds. The predicted molar refractivity (Wildman–Crippen MR) is 69.1 cm³/mol. The molecule has 0 aliphatic heterocycles. The van der Waals surface area contributed by atoms with Gasteiger partial charge in [-0.1, -0.05) is 31.5 Å². The Hall–Kier alpha value is -1.18. The second kappa shape index (κ2) is 4.83. The van der Waals surface area contributed by atoms with Crippen LogP contribution in [0.1, 0.15) is 50.2 Å². The molecule has 0 heterocycles. The third-order valence-corrected chi connectivity index (χ3v) is 3.93. The van der Waals surface area contributed by atoms with Gasteiger partial charge in [-0.2, -0.15) is 4.99 Å². The number of rotatable bonds is 3. The Bertz CT molecular complexity index is 517. The molecule has 0 saturated heterocycles. The standard InChI is InChI=1S/C14H15ClFNO/c1-9(2)10-6-11(13(16)12(15)7-10)14(17-8-18)4-3-5-14/h6-7,9H,3-5H2,1-2H3. The van der Waals surface area contributed by atoms with Crippen LogP contribution in [0.3, 0.4) is 0 Å². The molecular formula is C14H15ClFNO. The summed E-state index contributed by atoms with van der Waals surface area (Å²) in [5.41, 5.74) is 0.664. The minimum absolute atomic E-state index is 0.101. The van der Waals surface area contributed by atoms with Gasteiger partial charge in [0.2, 0.25) is 6.08 Å². The van der Waals surface area contributed by atoms with Gasteiger partial charge in [0, 0.05) is 5.56 Å². The van der Waals surface area contributed by atoms with Crippen molar-refractivity contribution in [1.29, 1.82) is 0 Å². The van der Waals surface area contributed by atoms with Gasteiger partial charge in [0.1, 0.15) is 11.4 Å². The Morgan fingerprint density at radius 1 is 1.44 bits per heavy atom. The van der Waals surface area contributed by atoms with Crippen LogP contribution >= 0.6 is 11.6 Å². The maximum Gasteiger partial charge on any atom is 0.235 e. The van der Waals surface area contributed by atoms with Crippen LogP contribution < -0.4 is 0 Å². The number of benzene rings is 1. The van der Waals surface area contributed by atoms with E-state index in [0.717, 1.165) is 12.0 Å². The van der Waals surface area contributed by atoms with Crippen LogP contribution in [-0.2, 0) is 10.3 Å². The SMILES string of the molecule is CC(C)c1cc(Cl)c(F)c(C2(N=C=O)CCC2)c1. The molecule has 18 heavy (non-hydrogen) atoms. The molecule has 0 spiro atoms. The van der Waals surface area contributed by atoms with Gasteiger partial charge < -0.3 is 0 Å². The molecule has 1 saturated carbocycles. The van der Waals surface area contributed by atoms with Crippen LogP contribution in [0.15, 0.2) is 17.1 Å². The molecule has 1 aromatic rings. The smallest absolute Gasteiger partial charge is 0.211 e. The summed E-state index contributed by atoms with van der Waals surface area (Å²) in [5, 5.41) is 0.101. The highest BCUT2D eigenvalue weighted by molar-refractivity contribution is 6.30. The third kappa shape index (κ3) is 2.09. The van der Waals surface area contributed by atoms with Crippen LogP contribution in [0.5, 0.6) is 0 Å². The van der Waals surface area contributed by atoms with Crippen LogP contribution in [0.2, 0.25) is 5.02 Å². The molecule has 2 nitrogen and oxygen atoms in total. The molecule has 1 aliphatic carbocycles. The number of hydrogen-bond donors (Lipinski definition) is 0. The van der Waals surface area contributed by atoms with E-state index in [1.54, 1.807) is 18.2 Å². The van der Waals surface area contributed by atoms with E-state index < -0.39 is 11.4 Å². The molecule has 2 rings (SSSR count). The zero-order valence-electron chi connectivity index (χ0n) is 10.5. The summed E-state index contributed by atoms with van der Waals surface area (Å²) in [6.07, 6.45) is 3.86. The van der Waals surface area contributed by atoms with Crippen molar-refractivity contribution in [1.82, 2.24) is 0 Å². The fraction of sp³-hybridized carbons (Fsp3) is 0.500. The molecule has 0 aromatic heterocycles. The van der Waals surface area contributed by atoms with Gasteiger partial charge in [0.15, 0.2) is 0 Å². The van der Waals surface area contributed by atoms with Gasteiger partial charge in [0.25, 0.3) is 0 Å². The van der Waals surface area contributed by atoms with Crippen LogP contribution in [0.4, 0.5) is 4.39 Å². The Morgan fingerprint density at radius 3 is 2.56 bits per heavy atom. The summed E-state index contributed by atoms with van der Waals surface area (Å²) in [7, 11) is 0. The second-order valence-electron chi connectivity index (χ2n) is 5.11. The Balaban J connectivity index is 2.58. The lowest BCUT2D eigenvalue weighted by atomic mass is 9.71. The van der Waals surface area contributed by atoms with E-state index >= 15 is 0 Å². The molecule has 0 radical (unpaired) electrons. The van der Waals surface area contributed by atoms with Crippen molar-refractivity contribution >= 4 is 17.7 Å². The third-order valence-electron chi connectivity index (χ3n) is 3.66. The second-order valence-corrected chi connectivity index (χ2v) is 5.51. The number of carbonyl (C=O) groups excluding carboxylic acids is 1. The summed E-state index contributed by atoms with van der Waals surface area (Å²) < 4.78 is 14.2. The zero-order valence-corrected chi connectivity index (χ0v) is 11.2. The van der Waals surface area contributed by atoms with E-state index in [2.05, 4.69) is 4.99 Å². The average molecular weight is 268 g/mol. The van der Waals surface area contributed by atoms with E-state index in [1.807, 2.05) is 13.8 Å². The van der Waals surface area contributed by atoms with Gasteiger partial charge in [0.05, 0.1) is 5.02 Å². The summed E-state index contributed by atoms with van der Waals surface area (Å²) in [4.78, 5) is 14.4. The van der Waals surface area contributed by atoms with Crippen molar-refractivity contribution in [3.8, 4) is 0 Å². The molecule has 4 heteroatoms. The number of aliphatic imine (C=N–C) groups is 1. The molecule has 0 unspecified atom stereocenters. The average Bonchev–Trinajstić information content (AvgIpc) is 2.27. The van der Waals surface area contributed by atoms with E-state index in [4.69, 9.17) is 11.6 Å². The van der Waals surface area contributed by atoms with Gasteiger partial charge in [-0.15, -0.1) is 0 Å². The summed E-state index contributed by atoms with van der Waals surface area (Å²) in [5.74, 6) is -0.209. The van der Waals surface area contributed by atoms with E-state index in [0.29, 0.717) is 18.4 Å². The van der Waals surface area contributed by atoms with Crippen molar-refractivity contribution in [3.63, 3.8) is 0 Å². The Morgan fingerprint density at radius 2 is 2.11 bits per heavy atom. The lowest BCUT2D eigenvalue weighted by Crippen LogP contribution is -2.33. The quantitative estimate of drug-likeness (QED) is 0.592. The van der Waals surface area contributed by atoms with Crippen LogP contribution in [0, 0.1) is 5.82 Å². The van der Waals surface area contributed by atoms with Crippen molar-refractivity contribution < 1.29 is 9.18 Å². The van der Waals surface area contributed by atoms with Crippen molar-refractivity contribution in [2.75, 3.05) is 0 Å². The molecule has 0 N–H and O–H groups in total. The molecule has 0 bridgehead atoms. The number of halogens is 2. The lowest BCUT2D eigenvalue weighted by molar-refractivity contribution is 0.247.